The topological polar surface area (TPSA) is 61.7 Å². The molecule has 0 rings (SSSR count). The van der Waals surface area contributed by atoms with Crippen LogP contribution in [0.25, 0.3) is 0 Å². The zero-order valence-electron chi connectivity index (χ0n) is 6.50. The van der Waals surface area contributed by atoms with Crippen molar-refractivity contribution in [3.63, 3.8) is 0 Å². The molecule has 0 saturated heterocycles. The summed E-state index contributed by atoms with van der Waals surface area (Å²) in [5.74, 6) is -1.00. The summed E-state index contributed by atoms with van der Waals surface area (Å²) in [4.78, 5) is 10.2. The molecule has 0 bridgehead atoms. The van der Waals surface area contributed by atoms with Gasteiger partial charge in [-0.1, -0.05) is 6.08 Å². The van der Waals surface area contributed by atoms with Gasteiger partial charge in [0.25, 0.3) is 0 Å². The molecule has 0 aromatic heterocycles. The van der Waals surface area contributed by atoms with E-state index in [1.807, 2.05) is 0 Å². The van der Waals surface area contributed by atoms with Crippen molar-refractivity contribution >= 4 is 11.7 Å². The van der Waals surface area contributed by atoms with Gasteiger partial charge in [-0.25, -0.2) is 4.79 Å². The SMILES string of the molecule is C=CCCNN=C(C)C(=O)O. The first-order valence-electron chi connectivity index (χ1n) is 3.29. The van der Waals surface area contributed by atoms with E-state index in [1.165, 1.54) is 6.92 Å². The molecule has 0 spiro atoms. The van der Waals surface area contributed by atoms with Crippen molar-refractivity contribution in [2.45, 2.75) is 13.3 Å². The second kappa shape index (κ2) is 5.46. The molecule has 0 aliphatic heterocycles. The summed E-state index contributed by atoms with van der Waals surface area (Å²) < 4.78 is 0. The maximum absolute atomic E-state index is 10.2. The number of hydrogen-bond donors (Lipinski definition) is 2. The molecular formula is C7H12N2O2. The molecule has 4 heteroatoms. The molecule has 0 saturated carbocycles. The normalized spacial score (nSPS) is 10.8. The van der Waals surface area contributed by atoms with E-state index in [2.05, 4.69) is 17.1 Å². The van der Waals surface area contributed by atoms with Gasteiger partial charge < -0.3 is 10.5 Å². The van der Waals surface area contributed by atoms with Gasteiger partial charge in [0.2, 0.25) is 0 Å². The van der Waals surface area contributed by atoms with Crippen LogP contribution in [0, 0.1) is 0 Å². The molecule has 11 heavy (non-hydrogen) atoms. The predicted molar refractivity (Wildman–Crippen MR) is 43.6 cm³/mol. The summed E-state index contributed by atoms with van der Waals surface area (Å²) in [6, 6.07) is 0. The number of nitrogens with zero attached hydrogens (tertiary/aromatic N) is 1. The van der Waals surface area contributed by atoms with Crippen LogP contribution >= 0.6 is 0 Å². The first-order chi connectivity index (χ1) is 5.18. The van der Waals surface area contributed by atoms with Crippen molar-refractivity contribution in [2.24, 2.45) is 5.10 Å². The fourth-order valence-electron chi connectivity index (χ4n) is 0.389. The van der Waals surface area contributed by atoms with Crippen LogP contribution in [0.4, 0.5) is 0 Å². The molecule has 0 radical (unpaired) electrons. The Bertz CT molecular complexity index is 175. The van der Waals surface area contributed by atoms with Crippen molar-refractivity contribution in [2.75, 3.05) is 6.54 Å². The van der Waals surface area contributed by atoms with E-state index < -0.39 is 5.97 Å². The van der Waals surface area contributed by atoms with Gasteiger partial charge in [0, 0.05) is 6.54 Å². The minimum atomic E-state index is -1.00. The molecule has 0 fully saturated rings. The molecule has 0 aromatic rings. The van der Waals surface area contributed by atoms with Crippen LogP contribution in [0.15, 0.2) is 17.8 Å². The number of nitrogens with one attached hydrogen (secondary N) is 1. The lowest BCUT2D eigenvalue weighted by Gasteiger charge is -1.96. The molecule has 0 aliphatic carbocycles. The van der Waals surface area contributed by atoms with E-state index in [1.54, 1.807) is 6.08 Å². The van der Waals surface area contributed by atoms with Crippen molar-refractivity contribution in [3.8, 4) is 0 Å². The molecule has 0 aromatic carbocycles. The van der Waals surface area contributed by atoms with Gasteiger partial charge in [-0.2, -0.15) is 5.10 Å². The lowest BCUT2D eigenvalue weighted by Crippen LogP contribution is -2.15. The van der Waals surface area contributed by atoms with Crippen LogP contribution in [-0.4, -0.2) is 23.3 Å². The number of carboxylic acids is 1. The fraction of sp³-hybridized carbons (Fsp3) is 0.429. The Balaban J connectivity index is 3.56. The first-order valence-corrected chi connectivity index (χ1v) is 3.29. The van der Waals surface area contributed by atoms with E-state index in [9.17, 15) is 4.79 Å². The molecule has 62 valence electrons. The van der Waals surface area contributed by atoms with Crippen molar-refractivity contribution < 1.29 is 9.90 Å². The zero-order chi connectivity index (χ0) is 8.69. The van der Waals surface area contributed by atoms with Gasteiger partial charge in [-0.15, -0.1) is 6.58 Å². The maximum atomic E-state index is 10.2. The first kappa shape index (κ1) is 9.68. The molecule has 0 amide bonds. The standard InChI is InChI=1S/C7H12N2O2/c1-3-4-5-8-9-6(2)7(10)11/h3,8H,1,4-5H2,2H3,(H,10,11). The van der Waals surface area contributed by atoms with Crippen LogP contribution in [0.5, 0.6) is 0 Å². The lowest BCUT2D eigenvalue weighted by molar-refractivity contribution is -0.129. The van der Waals surface area contributed by atoms with E-state index in [0.717, 1.165) is 6.42 Å². The Morgan fingerprint density at radius 1 is 1.82 bits per heavy atom. The Hall–Kier alpha value is -1.32. The predicted octanol–water partition coefficient (Wildman–Crippen LogP) is 0.613. The molecule has 2 N–H and O–H groups in total. The highest BCUT2D eigenvalue weighted by Gasteiger charge is 1.99. The van der Waals surface area contributed by atoms with Gasteiger partial charge in [-0.3, -0.25) is 0 Å². The van der Waals surface area contributed by atoms with Crippen molar-refractivity contribution in [1.82, 2.24) is 5.43 Å². The monoisotopic (exact) mass is 156 g/mol. The Labute approximate surface area is 65.6 Å². The largest absolute Gasteiger partial charge is 0.477 e. The van der Waals surface area contributed by atoms with Crippen LogP contribution in [0.2, 0.25) is 0 Å². The molecule has 0 unspecified atom stereocenters. The van der Waals surface area contributed by atoms with Crippen LogP contribution in [-0.2, 0) is 4.79 Å². The van der Waals surface area contributed by atoms with Crippen LogP contribution in [0.3, 0.4) is 0 Å². The Morgan fingerprint density at radius 3 is 2.91 bits per heavy atom. The number of aliphatic carboxylic acids is 1. The summed E-state index contributed by atoms with van der Waals surface area (Å²) in [5, 5.41) is 11.9. The maximum Gasteiger partial charge on any atom is 0.351 e. The molecule has 0 aliphatic rings. The van der Waals surface area contributed by atoms with Gasteiger partial charge in [0.15, 0.2) is 0 Å². The number of carboxylic acid groups (broad SMARTS) is 1. The smallest absolute Gasteiger partial charge is 0.351 e. The summed E-state index contributed by atoms with van der Waals surface area (Å²) in [7, 11) is 0. The minimum Gasteiger partial charge on any atom is -0.477 e. The van der Waals surface area contributed by atoms with Crippen LogP contribution < -0.4 is 5.43 Å². The van der Waals surface area contributed by atoms with Crippen LogP contribution in [0.1, 0.15) is 13.3 Å². The van der Waals surface area contributed by atoms with Gasteiger partial charge in [0.05, 0.1) is 0 Å². The quantitative estimate of drug-likeness (QED) is 0.265. The average molecular weight is 156 g/mol. The number of hydrazone groups is 1. The van der Waals surface area contributed by atoms with E-state index in [4.69, 9.17) is 5.11 Å². The van der Waals surface area contributed by atoms with Gasteiger partial charge >= 0.3 is 5.97 Å². The van der Waals surface area contributed by atoms with Gasteiger partial charge in [-0.05, 0) is 13.3 Å². The summed E-state index contributed by atoms with van der Waals surface area (Å²) >= 11 is 0. The second-order valence-corrected chi connectivity index (χ2v) is 1.99. The molecule has 4 nitrogen and oxygen atoms in total. The number of rotatable bonds is 5. The van der Waals surface area contributed by atoms with E-state index in [-0.39, 0.29) is 5.71 Å². The summed E-state index contributed by atoms with van der Waals surface area (Å²) in [6.45, 7) is 5.56. The van der Waals surface area contributed by atoms with Crippen molar-refractivity contribution in [1.29, 1.82) is 0 Å². The summed E-state index contributed by atoms with van der Waals surface area (Å²) in [5.41, 5.74) is 2.67. The van der Waals surface area contributed by atoms with E-state index in [0.29, 0.717) is 6.54 Å². The van der Waals surface area contributed by atoms with Crippen molar-refractivity contribution in [3.05, 3.63) is 12.7 Å². The Morgan fingerprint density at radius 2 is 2.45 bits per heavy atom. The fourth-order valence-corrected chi connectivity index (χ4v) is 0.389. The minimum absolute atomic E-state index is 0.0639. The summed E-state index contributed by atoms with van der Waals surface area (Å²) in [6.07, 6.45) is 2.51. The van der Waals surface area contributed by atoms with E-state index >= 15 is 0 Å². The lowest BCUT2D eigenvalue weighted by atomic mass is 10.4. The third-order valence-corrected chi connectivity index (χ3v) is 1.02. The highest BCUT2D eigenvalue weighted by Crippen LogP contribution is 1.77. The number of carbonyl (C=O) groups is 1. The number of hydrogen-bond acceptors (Lipinski definition) is 3. The highest BCUT2D eigenvalue weighted by molar-refractivity contribution is 6.34. The second-order valence-electron chi connectivity index (χ2n) is 1.99. The molecular weight excluding hydrogens is 144 g/mol. The zero-order valence-corrected chi connectivity index (χ0v) is 6.50. The molecule has 0 atom stereocenters. The highest BCUT2D eigenvalue weighted by atomic mass is 16.4. The third-order valence-electron chi connectivity index (χ3n) is 1.02. The average Bonchev–Trinajstić information content (AvgIpc) is 1.97. The third kappa shape index (κ3) is 5.14. The van der Waals surface area contributed by atoms with Gasteiger partial charge in [0.1, 0.15) is 5.71 Å². The Kier molecular flexibility index (Phi) is 4.81. The molecule has 0 heterocycles.